The summed E-state index contributed by atoms with van der Waals surface area (Å²) in [5.41, 5.74) is 0.386. The van der Waals surface area contributed by atoms with Gasteiger partial charge in [-0.15, -0.1) is 0 Å². The fraction of sp³-hybridized carbons (Fsp3) is 0.333. The van der Waals surface area contributed by atoms with E-state index >= 15 is 0 Å². The van der Waals surface area contributed by atoms with Gasteiger partial charge in [-0.3, -0.25) is 0 Å². The third-order valence-electron chi connectivity index (χ3n) is 6.11. The number of hydrogen-bond acceptors (Lipinski definition) is 4. The van der Waals surface area contributed by atoms with E-state index in [1.54, 1.807) is 6.07 Å². The maximum Gasteiger partial charge on any atom is 0.134 e. The molecule has 1 saturated carbocycles. The van der Waals surface area contributed by atoms with E-state index in [0.29, 0.717) is 5.56 Å². The smallest absolute Gasteiger partial charge is 0.134 e. The third kappa shape index (κ3) is 3.26. The zero-order valence-electron chi connectivity index (χ0n) is 17.0. The van der Waals surface area contributed by atoms with E-state index < -0.39 is 0 Å². The lowest BCUT2D eigenvalue weighted by molar-refractivity contribution is -0.147. The molecule has 1 aromatic heterocycles. The van der Waals surface area contributed by atoms with Crippen LogP contribution in [0, 0.1) is 22.2 Å². The maximum absolute atomic E-state index is 9.13. The van der Waals surface area contributed by atoms with Crippen molar-refractivity contribution >= 4 is 32.5 Å². The van der Waals surface area contributed by atoms with E-state index in [0.717, 1.165) is 21.4 Å². The summed E-state index contributed by atoms with van der Waals surface area (Å²) >= 11 is 3.45. The molecule has 1 aliphatic carbocycles. The zero-order chi connectivity index (χ0) is 20.8. The van der Waals surface area contributed by atoms with Crippen LogP contribution >= 0.6 is 15.9 Å². The Labute approximate surface area is 180 Å². The number of aromatic nitrogens is 1. The van der Waals surface area contributed by atoms with Gasteiger partial charge in [0, 0.05) is 32.9 Å². The van der Waals surface area contributed by atoms with Crippen molar-refractivity contribution in [1.29, 1.82) is 5.26 Å². The molecule has 0 unspecified atom stereocenters. The van der Waals surface area contributed by atoms with Crippen molar-refractivity contribution in [2.45, 2.75) is 39.8 Å². The molecule has 0 bridgehead atoms. The van der Waals surface area contributed by atoms with Crippen LogP contribution in [0.3, 0.4) is 0 Å². The Hall–Kier alpha value is -2.58. The number of pyridine rings is 1. The zero-order valence-corrected chi connectivity index (χ0v) is 18.6. The van der Waals surface area contributed by atoms with Gasteiger partial charge in [0.2, 0.25) is 0 Å². The summed E-state index contributed by atoms with van der Waals surface area (Å²) in [6.45, 7) is 8.91. The molecule has 0 aliphatic heterocycles. The number of halogens is 1. The Balaban J connectivity index is 1.59. The van der Waals surface area contributed by atoms with Gasteiger partial charge in [0.05, 0.1) is 5.56 Å². The number of rotatable bonds is 4. The number of nitrogens with zero attached hydrogens (tertiary/aromatic N) is 2. The molecule has 4 rings (SSSR count). The van der Waals surface area contributed by atoms with Gasteiger partial charge in [-0.1, -0.05) is 52.0 Å². The maximum atomic E-state index is 9.13. The van der Waals surface area contributed by atoms with Crippen molar-refractivity contribution in [1.82, 2.24) is 4.98 Å². The highest BCUT2D eigenvalue weighted by Crippen LogP contribution is 2.56. The standard InChI is InChI=1S/C24H24BrN3O/c1-23(2)21(28-20-18-8-6-5-7-15(18)11-12-27-20)24(3,4)22(23)29-17-10-9-16(14-26)19(25)13-17/h5-13,21-22H,1-4H3,(H,27,28). The second kappa shape index (κ2) is 7.03. The largest absolute Gasteiger partial charge is 0.489 e. The minimum Gasteiger partial charge on any atom is -0.489 e. The van der Waals surface area contributed by atoms with E-state index in [-0.39, 0.29) is 23.0 Å². The van der Waals surface area contributed by atoms with Crippen LogP contribution in [0.15, 0.2) is 59.2 Å². The molecular formula is C24H24BrN3O. The molecule has 4 nitrogen and oxygen atoms in total. The van der Waals surface area contributed by atoms with Gasteiger partial charge in [-0.25, -0.2) is 4.98 Å². The van der Waals surface area contributed by atoms with Crippen LogP contribution in [0.5, 0.6) is 5.75 Å². The van der Waals surface area contributed by atoms with Crippen LogP contribution in [0.2, 0.25) is 0 Å². The highest BCUT2D eigenvalue weighted by atomic mass is 79.9. The molecule has 3 aromatic rings. The molecule has 0 amide bonds. The van der Waals surface area contributed by atoms with Crippen molar-refractivity contribution in [3.05, 3.63) is 64.8 Å². The second-order valence-electron chi connectivity index (χ2n) is 8.85. The number of hydrogen-bond donors (Lipinski definition) is 1. The van der Waals surface area contributed by atoms with Crippen molar-refractivity contribution < 1.29 is 4.74 Å². The van der Waals surface area contributed by atoms with Crippen LogP contribution in [0.1, 0.15) is 33.3 Å². The van der Waals surface area contributed by atoms with Gasteiger partial charge < -0.3 is 10.1 Å². The molecular weight excluding hydrogens is 426 g/mol. The number of ether oxygens (including phenoxy) is 1. The summed E-state index contributed by atoms with van der Waals surface area (Å²) in [7, 11) is 0. The number of fused-ring (bicyclic) bond motifs is 1. The predicted molar refractivity (Wildman–Crippen MR) is 120 cm³/mol. The summed E-state index contributed by atoms with van der Waals surface area (Å²) in [5.74, 6) is 1.68. The Morgan fingerprint density at radius 3 is 2.48 bits per heavy atom. The summed E-state index contributed by atoms with van der Waals surface area (Å²) in [6.07, 6.45) is 1.87. The van der Waals surface area contributed by atoms with Gasteiger partial charge in [-0.2, -0.15) is 5.26 Å². The van der Waals surface area contributed by atoms with Gasteiger partial charge in [0.1, 0.15) is 23.7 Å². The molecule has 148 valence electrons. The molecule has 1 N–H and O–H groups in total. The molecule has 1 fully saturated rings. The summed E-state index contributed by atoms with van der Waals surface area (Å²) in [6, 6.07) is 18.2. The normalized spacial score (nSPS) is 21.8. The van der Waals surface area contributed by atoms with Crippen LogP contribution in [0.4, 0.5) is 5.82 Å². The van der Waals surface area contributed by atoms with E-state index in [9.17, 15) is 0 Å². The molecule has 29 heavy (non-hydrogen) atoms. The summed E-state index contributed by atoms with van der Waals surface area (Å²) in [5, 5.41) is 15.1. The topological polar surface area (TPSA) is 57.9 Å². The minimum absolute atomic E-state index is 0.0160. The monoisotopic (exact) mass is 449 g/mol. The van der Waals surface area contributed by atoms with Gasteiger partial charge in [0.25, 0.3) is 0 Å². The Morgan fingerprint density at radius 1 is 1.07 bits per heavy atom. The minimum atomic E-state index is -0.109. The number of nitriles is 1. The fourth-order valence-corrected chi connectivity index (χ4v) is 5.41. The Bertz CT molecular complexity index is 1100. The summed E-state index contributed by atoms with van der Waals surface area (Å²) in [4.78, 5) is 4.61. The van der Waals surface area contributed by atoms with Gasteiger partial charge in [0.15, 0.2) is 0 Å². The predicted octanol–water partition coefficient (Wildman–Crippen LogP) is 6.16. The van der Waals surface area contributed by atoms with E-state index in [1.807, 2.05) is 36.5 Å². The van der Waals surface area contributed by atoms with Crippen LogP contribution < -0.4 is 10.1 Å². The second-order valence-corrected chi connectivity index (χ2v) is 9.71. The highest BCUT2D eigenvalue weighted by molar-refractivity contribution is 9.10. The van der Waals surface area contributed by atoms with Crippen molar-refractivity contribution in [2.75, 3.05) is 5.32 Å². The molecule has 0 radical (unpaired) electrons. The fourth-order valence-electron chi connectivity index (χ4n) is 4.97. The van der Waals surface area contributed by atoms with E-state index in [1.165, 1.54) is 5.39 Å². The first-order chi connectivity index (χ1) is 13.7. The highest BCUT2D eigenvalue weighted by Gasteiger charge is 2.63. The number of nitrogens with one attached hydrogen (secondary N) is 1. The van der Waals surface area contributed by atoms with Crippen molar-refractivity contribution in [3.8, 4) is 11.8 Å². The SMILES string of the molecule is CC1(C)C(Nc2nccc3ccccc23)C(C)(C)C1Oc1ccc(C#N)c(Br)c1. The average Bonchev–Trinajstić information content (AvgIpc) is 2.70. The lowest BCUT2D eigenvalue weighted by Gasteiger charge is -2.63. The quantitative estimate of drug-likeness (QED) is 0.517. The molecule has 2 aromatic carbocycles. The van der Waals surface area contributed by atoms with Crippen LogP contribution in [-0.4, -0.2) is 17.1 Å². The first-order valence-corrected chi connectivity index (χ1v) is 10.5. The molecule has 1 heterocycles. The molecule has 1 aliphatic rings. The lowest BCUT2D eigenvalue weighted by atomic mass is 9.49. The number of anilines is 1. The van der Waals surface area contributed by atoms with Gasteiger partial charge in [-0.05, 0) is 45.6 Å². The van der Waals surface area contributed by atoms with E-state index in [2.05, 4.69) is 72.1 Å². The van der Waals surface area contributed by atoms with Crippen molar-refractivity contribution in [3.63, 3.8) is 0 Å². The number of benzene rings is 2. The molecule has 0 saturated heterocycles. The summed E-state index contributed by atoms with van der Waals surface area (Å²) < 4.78 is 7.17. The van der Waals surface area contributed by atoms with Crippen LogP contribution in [0.25, 0.3) is 10.8 Å². The molecule has 5 heteroatoms. The Morgan fingerprint density at radius 2 is 1.79 bits per heavy atom. The van der Waals surface area contributed by atoms with Crippen molar-refractivity contribution in [2.24, 2.45) is 10.8 Å². The van der Waals surface area contributed by atoms with E-state index in [4.69, 9.17) is 10.00 Å². The first kappa shape index (κ1) is 19.7. The first-order valence-electron chi connectivity index (χ1n) is 9.71. The Kier molecular flexibility index (Phi) is 4.78. The molecule has 0 spiro atoms. The third-order valence-corrected chi connectivity index (χ3v) is 6.77. The molecule has 0 atom stereocenters. The van der Waals surface area contributed by atoms with Crippen LogP contribution in [-0.2, 0) is 0 Å². The average molecular weight is 450 g/mol. The van der Waals surface area contributed by atoms with Gasteiger partial charge >= 0.3 is 0 Å². The lowest BCUT2D eigenvalue weighted by Crippen LogP contribution is -2.72.